The van der Waals surface area contributed by atoms with Crippen LogP contribution in [0.2, 0.25) is 0 Å². The number of benzene rings is 3. The van der Waals surface area contributed by atoms with Crippen molar-refractivity contribution in [2.45, 2.75) is 32.0 Å². The Kier molecular flexibility index (Phi) is 9.11. The number of likely N-dealkylation sites (tertiary alicyclic amines) is 1. The van der Waals surface area contributed by atoms with Crippen LogP contribution in [0.1, 0.15) is 34.3 Å². The van der Waals surface area contributed by atoms with Gasteiger partial charge < -0.3 is 19.5 Å². The molecule has 0 radical (unpaired) electrons. The van der Waals surface area contributed by atoms with E-state index in [1.807, 2.05) is 41.3 Å². The minimum absolute atomic E-state index is 0.0689. The summed E-state index contributed by atoms with van der Waals surface area (Å²) < 4.78 is 10.3. The molecular formula is C32H37N3O5. The topological polar surface area (TPSA) is 82.5 Å². The molecule has 5 rings (SSSR count). The first-order valence-corrected chi connectivity index (χ1v) is 13.9. The number of rotatable bonds is 8. The molecule has 0 bridgehead atoms. The number of esters is 1. The van der Waals surface area contributed by atoms with Gasteiger partial charge in [0.25, 0.3) is 0 Å². The fourth-order valence-corrected chi connectivity index (χ4v) is 5.42. The van der Waals surface area contributed by atoms with Crippen molar-refractivity contribution in [3.05, 3.63) is 89.5 Å². The van der Waals surface area contributed by atoms with E-state index in [-0.39, 0.29) is 24.6 Å². The Morgan fingerprint density at radius 3 is 2.15 bits per heavy atom. The average molecular weight is 544 g/mol. The van der Waals surface area contributed by atoms with Gasteiger partial charge in [-0.25, -0.2) is 9.59 Å². The Morgan fingerprint density at radius 1 is 0.900 bits per heavy atom. The number of carbonyl (C=O) groups excluding carboxylic acids is 2. The summed E-state index contributed by atoms with van der Waals surface area (Å²) in [6.07, 6.45) is 2.20. The smallest absolute Gasteiger partial charge is 0.337 e. The second kappa shape index (κ2) is 13.1. The van der Waals surface area contributed by atoms with Gasteiger partial charge in [-0.1, -0.05) is 48.5 Å². The van der Waals surface area contributed by atoms with Gasteiger partial charge in [-0.15, -0.1) is 0 Å². The SMILES string of the molecule is COC(=O)c1ccc(CN(C(=O)N2CCOCC2)c2ccc(-c3ccc(CN4CCC[C@H]4CO)cc3)cc2)cc1. The van der Waals surface area contributed by atoms with Crippen molar-refractivity contribution in [3.8, 4) is 11.1 Å². The molecule has 8 nitrogen and oxygen atoms in total. The van der Waals surface area contributed by atoms with Crippen molar-refractivity contribution in [1.29, 1.82) is 0 Å². The normalized spacial score (nSPS) is 17.6. The molecule has 0 unspecified atom stereocenters. The maximum atomic E-state index is 13.6. The summed E-state index contributed by atoms with van der Waals surface area (Å²) >= 11 is 0. The molecule has 1 atom stereocenters. The Balaban J connectivity index is 1.32. The molecule has 0 aromatic heterocycles. The van der Waals surface area contributed by atoms with Crippen LogP contribution in [-0.4, -0.2) is 79.5 Å². The first-order valence-electron chi connectivity index (χ1n) is 13.9. The van der Waals surface area contributed by atoms with Gasteiger partial charge >= 0.3 is 12.0 Å². The van der Waals surface area contributed by atoms with Gasteiger partial charge in [0.2, 0.25) is 0 Å². The van der Waals surface area contributed by atoms with Crippen LogP contribution in [0.5, 0.6) is 0 Å². The van der Waals surface area contributed by atoms with E-state index in [2.05, 4.69) is 29.2 Å². The van der Waals surface area contributed by atoms with Gasteiger partial charge in [-0.3, -0.25) is 9.80 Å². The third-order valence-corrected chi connectivity index (χ3v) is 7.79. The molecule has 1 N–H and O–H groups in total. The minimum atomic E-state index is -0.387. The van der Waals surface area contributed by atoms with Crippen molar-refractivity contribution in [3.63, 3.8) is 0 Å². The molecule has 8 heteroatoms. The number of nitrogens with zero attached hydrogens (tertiary/aromatic N) is 3. The van der Waals surface area contributed by atoms with Gasteiger partial charge in [-0.2, -0.15) is 0 Å². The molecule has 0 spiro atoms. The van der Waals surface area contributed by atoms with Gasteiger partial charge in [0.1, 0.15) is 0 Å². The van der Waals surface area contributed by atoms with Crippen LogP contribution >= 0.6 is 0 Å². The summed E-state index contributed by atoms with van der Waals surface area (Å²) in [5.41, 5.74) is 5.61. The molecule has 40 heavy (non-hydrogen) atoms. The predicted octanol–water partition coefficient (Wildman–Crippen LogP) is 4.56. The van der Waals surface area contributed by atoms with Gasteiger partial charge in [0, 0.05) is 31.4 Å². The van der Waals surface area contributed by atoms with Crippen molar-refractivity contribution in [1.82, 2.24) is 9.80 Å². The number of methoxy groups -OCH3 is 1. The summed E-state index contributed by atoms with van der Waals surface area (Å²) in [5.74, 6) is -0.387. The molecule has 0 saturated carbocycles. The zero-order chi connectivity index (χ0) is 27.9. The highest BCUT2D eigenvalue weighted by Gasteiger charge is 2.25. The van der Waals surface area contributed by atoms with E-state index >= 15 is 0 Å². The zero-order valence-electron chi connectivity index (χ0n) is 23.0. The first-order chi connectivity index (χ1) is 19.6. The van der Waals surface area contributed by atoms with Gasteiger partial charge in [0.05, 0.1) is 39.0 Å². The van der Waals surface area contributed by atoms with Crippen LogP contribution in [0.15, 0.2) is 72.8 Å². The molecule has 2 aliphatic rings. The molecule has 2 heterocycles. The number of ether oxygens (including phenoxy) is 2. The van der Waals surface area contributed by atoms with Gasteiger partial charge in [0.15, 0.2) is 0 Å². The molecule has 2 saturated heterocycles. The summed E-state index contributed by atoms with van der Waals surface area (Å²) in [6, 6.07) is 24.0. The highest BCUT2D eigenvalue weighted by Crippen LogP contribution is 2.27. The second-order valence-electron chi connectivity index (χ2n) is 10.3. The molecule has 2 amide bonds. The van der Waals surface area contributed by atoms with E-state index in [0.717, 1.165) is 48.3 Å². The van der Waals surface area contributed by atoms with Gasteiger partial charge in [-0.05, 0) is 65.9 Å². The summed E-state index contributed by atoms with van der Waals surface area (Å²) in [5, 5.41) is 9.61. The lowest BCUT2D eigenvalue weighted by Crippen LogP contribution is -2.48. The van der Waals surface area contributed by atoms with Crippen molar-refractivity contribution in [2.75, 3.05) is 51.5 Å². The zero-order valence-corrected chi connectivity index (χ0v) is 23.0. The lowest BCUT2D eigenvalue weighted by molar-refractivity contribution is 0.0548. The third-order valence-electron chi connectivity index (χ3n) is 7.79. The maximum absolute atomic E-state index is 13.6. The standard InChI is InChI=1S/C32H37N3O5/c1-39-31(37)28-10-6-25(7-11-28)22-35(32(38)33-17-19-40-20-18-33)29-14-12-27(13-15-29)26-8-4-24(5-9-26)21-34-16-2-3-30(34)23-36/h4-15,30,36H,2-3,16-23H2,1H3/t30-/m0/s1. The Hall–Kier alpha value is -3.72. The predicted molar refractivity (Wildman–Crippen MR) is 154 cm³/mol. The van der Waals surface area contributed by atoms with Crippen molar-refractivity contribution in [2.24, 2.45) is 0 Å². The molecule has 3 aromatic rings. The number of hydrogen-bond donors (Lipinski definition) is 1. The van der Waals surface area contributed by atoms with Crippen molar-refractivity contribution < 1.29 is 24.2 Å². The molecule has 0 aliphatic carbocycles. The largest absolute Gasteiger partial charge is 0.465 e. The van der Waals surface area contributed by atoms with Crippen LogP contribution in [0.3, 0.4) is 0 Å². The van der Waals surface area contributed by atoms with E-state index in [4.69, 9.17) is 9.47 Å². The number of amides is 2. The fourth-order valence-electron chi connectivity index (χ4n) is 5.42. The highest BCUT2D eigenvalue weighted by molar-refractivity contribution is 5.92. The van der Waals surface area contributed by atoms with Crippen LogP contribution in [0.4, 0.5) is 10.5 Å². The molecule has 2 aliphatic heterocycles. The van der Waals surface area contributed by atoms with Crippen LogP contribution in [-0.2, 0) is 22.6 Å². The minimum Gasteiger partial charge on any atom is -0.465 e. The van der Waals surface area contributed by atoms with E-state index in [9.17, 15) is 14.7 Å². The number of hydrogen-bond acceptors (Lipinski definition) is 6. The van der Waals surface area contributed by atoms with E-state index in [1.54, 1.807) is 17.0 Å². The van der Waals surface area contributed by atoms with Crippen LogP contribution in [0.25, 0.3) is 11.1 Å². The maximum Gasteiger partial charge on any atom is 0.337 e. The van der Waals surface area contributed by atoms with Crippen molar-refractivity contribution >= 4 is 17.7 Å². The number of urea groups is 1. The quantitative estimate of drug-likeness (QED) is 0.420. The first kappa shape index (κ1) is 27.8. The number of aliphatic hydroxyl groups excluding tert-OH is 1. The highest BCUT2D eigenvalue weighted by atomic mass is 16.5. The van der Waals surface area contributed by atoms with E-state index in [0.29, 0.717) is 38.4 Å². The summed E-state index contributed by atoms with van der Waals surface area (Å²) in [4.78, 5) is 31.4. The Morgan fingerprint density at radius 2 is 1.52 bits per heavy atom. The Bertz CT molecular complexity index is 1270. The number of carbonyl (C=O) groups is 2. The molecule has 3 aromatic carbocycles. The average Bonchev–Trinajstić information content (AvgIpc) is 3.47. The Labute approximate surface area is 235 Å². The number of morpholine rings is 1. The monoisotopic (exact) mass is 543 g/mol. The third kappa shape index (κ3) is 6.53. The van der Waals surface area contributed by atoms with E-state index < -0.39 is 0 Å². The van der Waals surface area contributed by atoms with Crippen LogP contribution < -0.4 is 4.90 Å². The number of anilines is 1. The lowest BCUT2D eigenvalue weighted by atomic mass is 10.0. The lowest BCUT2D eigenvalue weighted by Gasteiger charge is -2.33. The summed E-state index contributed by atoms with van der Waals surface area (Å²) in [6.45, 7) is 4.63. The molecular weight excluding hydrogens is 506 g/mol. The fraction of sp³-hybridized carbons (Fsp3) is 0.375. The van der Waals surface area contributed by atoms with E-state index in [1.165, 1.54) is 12.7 Å². The second-order valence-corrected chi connectivity index (χ2v) is 10.3. The van der Waals surface area contributed by atoms with Crippen LogP contribution in [0, 0.1) is 0 Å². The number of aliphatic hydroxyl groups is 1. The molecule has 210 valence electrons. The summed E-state index contributed by atoms with van der Waals surface area (Å²) in [7, 11) is 1.36. The molecule has 2 fully saturated rings.